The minimum atomic E-state index is 0.692. The maximum atomic E-state index is 4.60. The Morgan fingerprint density at radius 2 is 1.42 bits per heavy atom. The second kappa shape index (κ2) is 7.53. The smallest absolute Gasteiger partial charge is 0.212 e. The van der Waals surface area contributed by atoms with Gasteiger partial charge in [0.25, 0.3) is 0 Å². The van der Waals surface area contributed by atoms with Crippen molar-refractivity contribution >= 4 is 23.3 Å². The van der Waals surface area contributed by atoms with Gasteiger partial charge in [-0.2, -0.15) is 10.2 Å². The molecule has 1 aromatic heterocycles. The van der Waals surface area contributed by atoms with E-state index in [-0.39, 0.29) is 0 Å². The van der Waals surface area contributed by atoms with Crippen LogP contribution in [0.15, 0.2) is 38.4 Å². The highest BCUT2D eigenvalue weighted by Gasteiger charge is 2.07. The van der Waals surface area contributed by atoms with Gasteiger partial charge in [0.1, 0.15) is 0 Å². The van der Waals surface area contributed by atoms with Crippen LogP contribution in [0.2, 0.25) is 0 Å². The van der Waals surface area contributed by atoms with E-state index in [2.05, 4.69) is 46.7 Å². The Balaban J connectivity index is 1.68. The fourth-order valence-corrected chi connectivity index (χ4v) is 2.17. The van der Waals surface area contributed by atoms with Gasteiger partial charge < -0.3 is 10.6 Å². The summed E-state index contributed by atoms with van der Waals surface area (Å²) >= 11 is 0. The summed E-state index contributed by atoms with van der Waals surface area (Å²) in [6.45, 7) is 7.02. The standard InChI is InChI=1S/C15H21N9/c1-10(21-23-14-16-6-7-17-14)12-4-3-5-13(20-12)11(2)22-24-15-18-8-9-19-15/h3-5H,6-9H2,1-2H3,(H2,16,17,23)(H2,18,19,24)/b21-10+,22-11+. The lowest BCUT2D eigenvalue weighted by molar-refractivity contribution is 0.914. The van der Waals surface area contributed by atoms with Crippen molar-refractivity contribution < 1.29 is 0 Å². The van der Waals surface area contributed by atoms with Crippen LogP contribution >= 0.6 is 0 Å². The zero-order valence-electron chi connectivity index (χ0n) is 13.8. The molecule has 1 aromatic rings. The third-order valence-corrected chi connectivity index (χ3v) is 3.50. The molecular formula is C15H21N9. The van der Waals surface area contributed by atoms with Gasteiger partial charge in [-0.25, -0.2) is 25.8 Å². The minimum Gasteiger partial charge on any atom is -0.353 e. The van der Waals surface area contributed by atoms with Gasteiger partial charge in [0.05, 0.1) is 35.9 Å². The SMILES string of the molecule is C/C(=N\NC1=NCCN1)c1cccc(/C(C)=N/NC2=NCCN2)n1. The van der Waals surface area contributed by atoms with Crippen LogP contribution in [-0.2, 0) is 0 Å². The minimum absolute atomic E-state index is 0.692. The summed E-state index contributed by atoms with van der Waals surface area (Å²) in [5, 5.41) is 14.8. The molecule has 3 heterocycles. The van der Waals surface area contributed by atoms with Crippen LogP contribution < -0.4 is 21.5 Å². The summed E-state index contributed by atoms with van der Waals surface area (Å²) in [6.07, 6.45) is 0. The van der Waals surface area contributed by atoms with Crippen molar-refractivity contribution in [1.29, 1.82) is 0 Å². The van der Waals surface area contributed by atoms with E-state index in [0.717, 1.165) is 49.0 Å². The molecule has 0 atom stereocenters. The van der Waals surface area contributed by atoms with E-state index in [1.165, 1.54) is 0 Å². The number of hydrazone groups is 2. The Bertz CT molecular complexity index is 660. The zero-order valence-corrected chi connectivity index (χ0v) is 13.8. The average Bonchev–Trinajstić information content (AvgIpc) is 3.31. The van der Waals surface area contributed by atoms with Gasteiger partial charge >= 0.3 is 0 Å². The molecule has 0 saturated carbocycles. The van der Waals surface area contributed by atoms with Gasteiger partial charge in [-0.1, -0.05) is 6.07 Å². The predicted octanol–water partition coefficient (Wildman–Crippen LogP) is -0.373. The first-order valence-electron chi connectivity index (χ1n) is 7.87. The molecule has 0 radical (unpaired) electrons. The first-order chi connectivity index (χ1) is 11.7. The van der Waals surface area contributed by atoms with Crippen LogP contribution in [0.5, 0.6) is 0 Å². The number of hydrogen-bond acceptors (Lipinski definition) is 9. The van der Waals surface area contributed by atoms with E-state index < -0.39 is 0 Å². The van der Waals surface area contributed by atoms with E-state index in [1.807, 2.05) is 32.0 Å². The Morgan fingerprint density at radius 1 is 0.917 bits per heavy atom. The maximum Gasteiger partial charge on any atom is 0.212 e. The van der Waals surface area contributed by atoms with Gasteiger partial charge in [-0.15, -0.1) is 0 Å². The summed E-state index contributed by atoms with van der Waals surface area (Å²) in [5.74, 6) is 1.38. The summed E-state index contributed by atoms with van der Waals surface area (Å²) in [4.78, 5) is 13.1. The molecule has 0 unspecified atom stereocenters. The lowest BCUT2D eigenvalue weighted by Crippen LogP contribution is -2.31. The van der Waals surface area contributed by atoms with Crippen molar-refractivity contribution in [3.63, 3.8) is 0 Å². The second-order valence-corrected chi connectivity index (χ2v) is 5.34. The van der Waals surface area contributed by atoms with E-state index in [9.17, 15) is 0 Å². The van der Waals surface area contributed by atoms with Crippen LogP contribution in [0.4, 0.5) is 0 Å². The highest BCUT2D eigenvalue weighted by molar-refractivity contribution is 6.01. The van der Waals surface area contributed by atoms with E-state index in [1.54, 1.807) is 0 Å². The van der Waals surface area contributed by atoms with Crippen molar-refractivity contribution in [2.45, 2.75) is 13.8 Å². The van der Waals surface area contributed by atoms with Crippen molar-refractivity contribution in [3.05, 3.63) is 29.6 Å². The van der Waals surface area contributed by atoms with Crippen molar-refractivity contribution in [2.24, 2.45) is 20.2 Å². The molecule has 0 saturated heterocycles. The van der Waals surface area contributed by atoms with Crippen LogP contribution in [0.3, 0.4) is 0 Å². The summed E-state index contributed by atoms with van der Waals surface area (Å²) < 4.78 is 0. The molecule has 0 aromatic carbocycles. The molecule has 24 heavy (non-hydrogen) atoms. The Labute approximate surface area is 140 Å². The highest BCUT2D eigenvalue weighted by atomic mass is 15.4. The number of guanidine groups is 2. The number of nitrogens with zero attached hydrogens (tertiary/aromatic N) is 5. The first kappa shape index (κ1) is 15.9. The summed E-state index contributed by atoms with van der Waals surface area (Å²) in [6, 6.07) is 5.76. The summed E-state index contributed by atoms with van der Waals surface area (Å²) in [7, 11) is 0. The maximum absolute atomic E-state index is 4.60. The topological polar surface area (TPSA) is 110 Å². The molecule has 4 N–H and O–H groups in total. The van der Waals surface area contributed by atoms with E-state index in [4.69, 9.17) is 0 Å². The van der Waals surface area contributed by atoms with Crippen LogP contribution in [0.1, 0.15) is 25.2 Å². The van der Waals surface area contributed by atoms with Gasteiger partial charge in [0.15, 0.2) is 0 Å². The molecule has 2 aliphatic rings. The largest absolute Gasteiger partial charge is 0.353 e. The van der Waals surface area contributed by atoms with Crippen LogP contribution in [0.25, 0.3) is 0 Å². The monoisotopic (exact) mass is 327 g/mol. The molecule has 0 amide bonds. The first-order valence-corrected chi connectivity index (χ1v) is 7.87. The fraction of sp³-hybridized carbons (Fsp3) is 0.400. The number of pyridine rings is 1. The molecule has 0 fully saturated rings. The predicted molar refractivity (Wildman–Crippen MR) is 95.5 cm³/mol. The van der Waals surface area contributed by atoms with Gasteiger partial charge in [0, 0.05) is 13.1 Å². The molecule has 0 bridgehead atoms. The molecule has 126 valence electrons. The second-order valence-electron chi connectivity index (χ2n) is 5.34. The van der Waals surface area contributed by atoms with Gasteiger partial charge in [0.2, 0.25) is 11.9 Å². The van der Waals surface area contributed by atoms with Crippen LogP contribution in [-0.4, -0.2) is 54.5 Å². The third-order valence-electron chi connectivity index (χ3n) is 3.50. The number of nitrogens with one attached hydrogen (secondary N) is 4. The van der Waals surface area contributed by atoms with E-state index in [0.29, 0.717) is 11.9 Å². The van der Waals surface area contributed by atoms with Crippen LogP contribution in [0, 0.1) is 0 Å². The Kier molecular flexibility index (Phi) is 4.99. The van der Waals surface area contributed by atoms with E-state index >= 15 is 0 Å². The van der Waals surface area contributed by atoms with Crippen molar-refractivity contribution in [1.82, 2.24) is 26.5 Å². The van der Waals surface area contributed by atoms with Crippen molar-refractivity contribution in [2.75, 3.05) is 26.2 Å². The molecule has 0 spiro atoms. The number of aliphatic imine (C=N–C) groups is 2. The number of rotatable bonds is 4. The van der Waals surface area contributed by atoms with Gasteiger partial charge in [-0.3, -0.25) is 0 Å². The average molecular weight is 327 g/mol. The fourth-order valence-electron chi connectivity index (χ4n) is 2.17. The lowest BCUT2D eigenvalue weighted by atomic mass is 10.2. The quantitative estimate of drug-likeness (QED) is 0.445. The molecular weight excluding hydrogens is 306 g/mol. The normalized spacial score (nSPS) is 17.8. The highest BCUT2D eigenvalue weighted by Crippen LogP contribution is 2.03. The molecule has 0 aliphatic carbocycles. The third kappa shape index (κ3) is 4.06. The van der Waals surface area contributed by atoms with Gasteiger partial charge in [-0.05, 0) is 26.0 Å². The van der Waals surface area contributed by atoms with Crippen molar-refractivity contribution in [3.8, 4) is 0 Å². The molecule has 2 aliphatic heterocycles. The molecule has 3 rings (SSSR count). The lowest BCUT2D eigenvalue weighted by Gasteiger charge is -2.06. The summed E-state index contributed by atoms with van der Waals surface area (Å²) in [5.41, 5.74) is 8.93. The zero-order chi connectivity index (χ0) is 16.8. The Hall–Kier alpha value is -2.97. The Morgan fingerprint density at radius 3 is 1.83 bits per heavy atom. The number of hydrogen-bond donors (Lipinski definition) is 4. The molecule has 9 nitrogen and oxygen atoms in total. The molecule has 9 heteroatoms. The number of aromatic nitrogens is 1.